The minimum Gasteiger partial charge on any atom is -0.491 e. The van der Waals surface area contributed by atoms with Gasteiger partial charge in [-0.25, -0.2) is 18.2 Å². The van der Waals surface area contributed by atoms with Gasteiger partial charge in [-0.2, -0.15) is 13.2 Å². The molecule has 2 saturated carbocycles. The minimum atomic E-state index is -5.02. The Bertz CT molecular complexity index is 2590. The summed E-state index contributed by atoms with van der Waals surface area (Å²) in [5.41, 5.74) is -2.53. The molecule has 3 aromatic rings. The second kappa shape index (κ2) is 20.4. The lowest BCUT2D eigenvalue weighted by Crippen LogP contribution is -2.62. The second-order valence-electron chi connectivity index (χ2n) is 19.7. The molecule has 5 heterocycles. The number of nitrogens with zero attached hydrogens (tertiary/aromatic N) is 3. The maximum atomic E-state index is 15.3. The van der Waals surface area contributed by atoms with E-state index in [0.29, 0.717) is 54.1 Å². The Balaban J connectivity index is 1.16. The molecule has 3 aliphatic heterocycles. The van der Waals surface area contributed by atoms with Gasteiger partial charge in [-0.3, -0.25) is 24.1 Å². The summed E-state index contributed by atoms with van der Waals surface area (Å²) >= 11 is 0. The predicted molar refractivity (Wildman–Crippen MR) is 252 cm³/mol. The number of pyridine rings is 2. The predicted octanol–water partition coefficient (Wildman–Crippen LogP) is 6.56. The van der Waals surface area contributed by atoms with Crippen molar-refractivity contribution in [2.75, 3.05) is 19.8 Å². The highest BCUT2D eigenvalue weighted by atomic mass is 32.2. The average molecular weight is 1010 g/mol. The number of hydrogen-bond acceptors (Lipinski definition) is 13. The van der Waals surface area contributed by atoms with Crippen molar-refractivity contribution < 1.29 is 64.5 Å². The molecule has 4 fully saturated rings. The SMILES string of the molecule is CCC1OC(C)CCC=CC2CC2(C(=O)NS(=O)(=O)C2(C)CC2)NC(=O)C2CC(Oc3cc(-c4ccc(OC(C)C)cc4)nc(-c4ccccn4)c3)CN2C(=O)C1NC(=O)OC1(C(F)(F)F)CCCOC1. The molecular formula is C50H61F3N6O11S. The van der Waals surface area contributed by atoms with Crippen LogP contribution in [0.25, 0.3) is 22.6 Å². The van der Waals surface area contributed by atoms with Crippen molar-refractivity contribution in [3.8, 4) is 34.1 Å². The minimum absolute atomic E-state index is 0.0372. The maximum absolute atomic E-state index is 15.3. The molecule has 384 valence electrons. The fourth-order valence-electron chi connectivity index (χ4n) is 9.30. The van der Waals surface area contributed by atoms with Crippen LogP contribution in [0.4, 0.5) is 18.0 Å². The first-order chi connectivity index (χ1) is 33.6. The van der Waals surface area contributed by atoms with Gasteiger partial charge in [0.1, 0.15) is 35.2 Å². The fraction of sp³-hybridized carbons (Fsp3) is 0.560. The number of allylic oxidation sites excluding steroid dienone is 1. The van der Waals surface area contributed by atoms with Gasteiger partial charge in [0, 0.05) is 49.3 Å². The summed E-state index contributed by atoms with van der Waals surface area (Å²) in [5.74, 6) is -2.32. The van der Waals surface area contributed by atoms with Crippen molar-refractivity contribution in [1.82, 2.24) is 30.2 Å². The molecule has 1 aromatic carbocycles. The maximum Gasteiger partial charge on any atom is 0.430 e. The summed E-state index contributed by atoms with van der Waals surface area (Å²) in [6, 6.07) is 12.9. The molecule has 21 heteroatoms. The van der Waals surface area contributed by atoms with E-state index < -0.39 is 105 Å². The number of nitrogens with one attached hydrogen (secondary N) is 3. The molecule has 0 bridgehead atoms. The van der Waals surface area contributed by atoms with Crippen LogP contribution in [0.15, 0.2) is 72.9 Å². The van der Waals surface area contributed by atoms with E-state index in [4.69, 9.17) is 28.7 Å². The number of hydrogen-bond donors (Lipinski definition) is 3. The van der Waals surface area contributed by atoms with Crippen LogP contribution in [-0.4, -0.2) is 125 Å². The number of alkyl carbamates (subject to hydrolysis) is 1. The molecule has 2 aromatic heterocycles. The zero-order valence-corrected chi connectivity index (χ0v) is 41.1. The third-order valence-electron chi connectivity index (χ3n) is 13.8. The number of sulfonamides is 1. The Morgan fingerprint density at radius 2 is 1.77 bits per heavy atom. The summed E-state index contributed by atoms with van der Waals surface area (Å²) in [6.07, 6.45) is -3.25. The lowest BCUT2D eigenvalue weighted by molar-refractivity contribution is -0.285. The van der Waals surface area contributed by atoms with Crippen molar-refractivity contribution in [2.24, 2.45) is 5.92 Å². The molecule has 8 rings (SSSR count). The number of aromatic nitrogens is 2. The Morgan fingerprint density at radius 3 is 2.42 bits per heavy atom. The lowest BCUT2D eigenvalue weighted by Gasteiger charge is -2.38. The first kappa shape index (κ1) is 51.6. The van der Waals surface area contributed by atoms with Crippen LogP contribution in [0.5, 0.6) is 11.5 Å². The molecule has 17 nitrogen and oxygen atoms in total. The lowest BCUT2D eigenvalue weighted by atomic mass is 9.96. The van der Waals surface area contributed by atoms with Gasteiger partial charge in [0.15, 0.2) is 0 Å². The van der Waals surface area contributed by atoms with E-state index in [-0.39, 0.29) is 50.7 Å². The van der Waals surface area contributed by atoms with Crippen LogP contribution in [0.2, 0.25) is 0 Å². The van der Waals surface area contributed by atoms with Gasteiger partial charge in [0.25, 0.3) is 5.91 Å². The van der Waals surface area contributed by atoms with Crippen molar-refractivity contribution in [3.05, 3.63) is 72.9 Å². The Kier molecular flexibility index (Phi) is 14.8. The van der Waals surface area contributed by atoms with Crippen LogP contribution in [0.1, 0.15) is 92.4 Å². The normalized spacial score (nSPS) is 28.8. The van der Waals surface area contributed by atoms with Crippen LogP contribution < -0.4 is 24.8 Å². The molecule has 2 aliphatic carbocycles. The first-order valence-electron chi connectivity index (χ1n) is 24.2. The molecule has 0 spiro atoms. The van der Waals surface area contributed by atoms with Crippen molar-refractivity contribution in [3.63, 3.8) is 0 Å². The van der Waals surface area contributed by atoms with Gasteiger partial charge < -0.3 is 39.2 Å². The Morgan fingerprint density at radius 1 is 1.03 bits per heavy atom. The summed E-state index contributed by atoms with van der Waals surface area (Å²) in [6.45, 7) is 7.60. The number of amides is 4. The van der Waals surface area contributed by atoms with Crippen molar-refractivity contribution in [1.29, 1.82) is 0 Å². The molecule has 71 heavy (non-hydrogen) atoms. The van der Waals surface area contributed by atoms with Gasteiger partial charge in [-0.1, -0.05) is 25.1 Å². The van der Waals surface area contributed by atoms with Crippen LogP contribution in [-0.2, 0) is 38.6 Å². The fourth-order valence-corrected chi connectivity index (χ4v) is 10.6. The van der Waals surface area contributed by atoms with E-state index in [0.717, 1.165) is 4.90 Å². The van der Waals surface area contributed by atoms with E-state index in [1.165, 1.54) is 6.92 Å². The average Bonchev–Trinajstić information content (AvgIpc) is 4.21. The quantitative estimate of drug-likeness (QED) is 0.164. The molecule has 4 amide bonds. The van der Waals surface area contributed by atoms with Crippen molar-refractivity contribution >= 4 is 33.8 Å². The number of benzene rings is 1. The summed E-state index contributed by atoms with van der Waals surface area (Å²) in [4.78, 5) is 68.6. The van der Waals surface area contributed by atoms with Gasteiger partial charge in [-0.15, -0.1) is 0 Å². The molecule has 8 atom stereocenters. The van der Waals surface area contributed by atoms with E-state index in [2.05, 4.69) is 20.3 Å². The number of fused-ring (bicyclic) bond motifs is 2. The zero-order valence-electron chi connectivity index (χ0n) is 40.3. The first-order valence-corrected chi connectivity index (χ1v) is 25.7. The zero-order chi connectivity index (χ0) is 50.9. The highest BCUT2D eigenvalue weighted by Gasteiger charge is 2.64. The van der Waals surface area contributed by atoms with E-state index in [1.54, 1.807) is 62.5 Å². The number of ether oxygens (including phenoxy) is 5. The Hall–Kier alpha value is -5.80. The molecular weight excluding hydrogens is 950 g/mol. The number of halogens is 3. The topological polar surface area (TPSA) is 214 Å². The number of carbonyl (C=O) groups excluding carboxylic acids is 4. The number of carbonyl (C=O) groups is 4. The van der Waals surface area contributed by atoms with Crippen LogP contribution in [0, 0.1) is 5.92 Å². The third-order valence-corrected chi connectivity index (χ3v) is 16.0. The molecule has 2 saturated heterocycles. The van der Waals surface area contributed by atoms with E-state index >= 15 is 4.79 Å². The molecule has 0 radical (unpaired) electrons. The van der Waals surface area contributed by atoms with Gasteiger partial charge in [-0.05, 0) is 109 Å². The molecule has 3 N–H and O–H groups in total. The second-order valence-corrected chi connectivity index (χ2v) is 21.9. The molecule has 5 aliphatic rings. The van der Waals surface area contributed by atoms with Gasteiger partial charge in [0.05, 0.1) is 53.3 Å². The third kappa shape index (κ3) is 11.3. The Labute approximate surface area is 411 Å². The molecule has 8 unspecified atom stereocenters. The van der Waals surface area contributed by atoms with E-state index in [9.17, 15) is 36.0 Å². The summed E-state index contributed by atoms with van der Waals surface area (Å²) in [7, 11) is -4.14. The summed E-state index contributed by atoms with van der Waals surface area (Å²) in [5, 5.41) is 5.22. The van der Waals surface area contributed by atoms with Crippen LogP contribution in [0.3, 0.4) is 0 Å². The van der Waals surface area contributed by atoms with Crippen LogP contribution >= 0.6 is 0 Å². The van der Waals surface area contributed by atoms with E-state index in [1.807, 2.05) is 38.1 Å². The highest BCUT2D eigenvalue weighted by Crippen LogP contribution is 2.48. The monoisotopic (exact) mass is 1010 g/mol. The smallest absolute Gasteiger partial charge is 0.430 e. The largest absolute Gasteiger partial charge is 0.491 e. The highest BCUT2D eigenvalue weighted by molar-refractivity contribution is 7.91. The van der Waals surface area contributed by atoms with Gasteiger partial charge >= 0.3 is 12.3 Å². The van der Waals surface area contributed by atoms with Crippen molar-refractivity contribution in [2.45, 2.75) is 151 Å². The number of rotatable bonds is 12. The standard InChI is InChI=1S/C50H61F3N6O11S/c1-6-41-42(56-46(63)70-48(50(51,52)53)19-11-23-66-29-48)44(61)59-28-36(69-35-24-38(32-15-17-34(18-16-32)67-30(2)3)55-39(25-35)37-14-9-10-22-54-37)26-40(59)43(60)57-49(27-33(49)13-8-7-12-31(4)68-41)45(62)58-71(64,65)47(5)20-21-47/h8-10,13-18,22,24-25,30-31,33,36,40-42H,6-7,11-12,19-21,23,26-29H2,1-5H3,(H,56,63)(H,57,60)(H,58,62). The van der Waals surface area contributed by atoms with Gasteiger partial charge in [0.2, 0.25) is 27.4 Å². The summed E-state index contributed by atoms with van der Waals surface area (Å²) < 4.78 is 101. The number of alkyl halides is 3.